The van der Waals surface area contributed by atoms with Crippen LogP contribution in [0, 0.1) is 5.92 Å². The summed E-state index contributed by atoms with van der Waals surface area (Å²) in [6.07, 6.45) is 6.22. The third-order valence-corrected chi connectivity index (χ3v) is 4.09. The minimum atomic E-state index is -3.96. The first-order valence-corrected chi connectivity index (χ1v) is 7.81. The molecule has 1 saturated carbocycles. The van der Waals surface area contributed by atoms with E-state index in [0.717, 1.165) is 25.7 Å². The molecular weight excluding hydrogens is 278 g/mol. The van der Waals surface area contributed by atoms with E-state index < -0.39 is 23.7 Å². The number of amides is 1. The number of hydrogen-bond donors (Lipinski definition) is 2. The molecule has 1 atom stereocenters. The number of carbonyl (C=O) groups is 2. The van der Waals surface area contributed by atoms with E-state index in [1.54, 1.807) is 6.92 Å². The molecule has 1 amide bonds. The molecule has 0 unspecified atom stereocenters. The Kier molecular flexibility index (Phi) is 7.22. The van der Waals surface area contributed by atoms with Crippen molar-refractivity contribution < 1.29 is 18.4 Å². The summed E-state index contributed by atoms with van der Waals surface area (Å²) in [7, 11) is 1.49. The molecule has 0 spiro atoms. The molecule has 0 heterocycles. The predicted molar refractivity (Wildman–Crippen MR) is 77.3 cm³/mol. The zero-order valence-electron chi connectivity index (χ0n) is 12.9. The molecule has 2 N–H and O–H groups in total. The topological polar surface area (TPSA) is 58.2 Å². The lowest BCUT2D eigenvalue weighted by molar-refractivity contribution is -0.159. The van der Waals surface area contributed by atoms with E-state index in [4.69, 9.17) is 0 Å². The molecule has 0 aromatic carbocycles. The Balaban J connectivity index is 2.64. The second-order valence-corrected chi connectivity index (χ2v) is 5.78. The Labute approximate surface area is 125 Å². The summed E-state index contributed by atoms with van der Waals surface area (Å²) in [5.41, 5.74) is 0. The molecule has 6 heteroatoms. The first-order valence-electron chi connectivity index (χ1n) is 7.81. The van der Waals surface area contributed by atoms with Gasteiger partial charge in [-0.25, -0.2) is 0 Å². The summed E-state index contributed by atoms with van der Waals surface area (Å²) in [5, 5.41) is 4.76. The number of rotatable bonds is 8. The zero-order valence-corrected chi connectivity index (χ0v) is 12.9. The normalized spacial score (nSPS) is 18.3. The Bertz CT molecular complexity index is 356. The molecule has 0 radical (unpaired) electrons. The van der Waals surface area contributed by atoms with Gasteiger partial charge in [0.1, 0.15) is 0 Å². The largest absolute Gasteiger partial charge is 0.383 e. The van der Waals surface area contributed by atoms with Crippen molar-refractivity contribution in [1.29, 1.82) is 0 Å². The second-order valence-electron chi connectivity index (χ2n) is 5.78. The van der Waals surface area contributed by atoms with Crippen LogP contribution in [0.2, 0.25) is 0 Å². The average Bonchev–Trinajstić information content (AvgIpc) is 2.50. The molecule has 1 aliphatic carbocycles. The maximum Gasteiger partial charge on any atom is 0.383 e. The van der Waals surface area contributed by atoms with Gasteiger partial charge in [0.2, 0.25) is 5.78 Å². The third kappa shape index (κ3) is 5.02. The smallest absolute Gasteiger partial charge is 0.350 e. The lowest BCUT2D eigenvalue weighted by atomic mass is 9.83. The van der Waals surface area contributed by atoms with Gasteiger partial charge < -0.3 is 10.6 Å². The summed E-state index contributed by atoms with van der Waals surface area (Å²) in [6, 6.07) is -0.963. The van der Waals surface area contributed by atoms with E-state index in [9.17, 15) is 18.4 Å². The highest BCUT2D eigenvalue weighted by Crippen LogP contribution is 2.29. The van der Waals surface area contributed by atoms with Crippen LogP contribution in [-0.4, -0.2) is 37.2 Å². The summed E-state index contributed by atoms with van der Waals surface area (Å²) < 4.78 is 27.8. The number of Topliss-reactive ketones (excluding diaryl/α,β-unsaturated/α-hetero) is 1. The van der Waals surface area contributed by atoms with Crippen molar-refractivity contribution in [3.63, 3.8) is 0 Å². The van der Waals surface area contributed by atoms with Gasteiger partial charge in [-0.3, -0.25) is 9.59 Å². The van der Waals surface area contributed by atoms with Crippen LogP contribution in [0.3, 0.4) is 0 Å². The number of hydrogen-bond acceptors (Lipinski definition) is 3. The number of halogens is 2. The molecule has 0 bridgehead atoms. The van der Waals surface area contributed by atoms with Gasteiger partial charge in [-0.15, -0.1) is 0 Å². The van der Waals surface area contributed by atoms with Gasteiger partial charge in [0.25, 0.3) is 5.91 Å². The Morgan fingerprint density at radius 2 is 1.86 bits per heavy atom. The van der Waals surface area contributed by atoms with Crippen LogP contribution in [0.5, 0.6) is 0 Å². The molecule has 0 aromatic rings. The standard InChI is InChI=1S/C15H26F2N2O2/c1-3-9-19-14(21)15(16,17)13(20)12(18-2)10-11-7-5-4-6-8-11/h11-12,18H,3-10H2,1-2H3,(H,19,21)/t12-/m0/s1. The molecule has 0 aromatic heterocycles. The number of alkyl halides is 2. The summed E-state index contributed by atoms with van der Waals surface area (Å²) in [4.78, 5) is 23.5. The first-order chi connectivity index (χ1) is 9.93. The van der Waals surface area contributed by atoms with Crippen LogP contribution in [0.15, 0.2) is 0 Å². The number of ketones is 1. The highest BCUT2D eigenvalue weighted by Gasteiger charge is 2.49. The van der Waals surface area contributed by atoms with Crippen LogP contribution in [0.1, 0.15) is 51.9 Å². The fourth-order valence-electron chi connectivity index (χ4n) is 2.79. The summed E-state index contributed by atoms with van der Waals surface area (Å²) in [6.45, 7) is 1.91. The number of likely N-dealkylation sites (N-methyl/N-ethyl adjacent to an activating group) is 1. The van der Waals surface area contributed by atoms with Gasteiger partial charge >= 0.3 is 5.92 Å². The molecule has 1 rings (SSSR count). The highest BCUT2D eigenvalue weighted by molar-refractivity contribution is 6.09. The Morgan fingerprint density at radius 1 is 1.24 bits per heavy atom. The van der Waals surface area contributed by atoms with Crippen LogP contribution in [-0.2, 0) is 9.59 Å². The molecule has 1 fully saturated rings. The lowest BCUT2D eigenvalue weighted by Gasteiger charge is -2.27. The predicted octanol–water partition coefficient (Wildman–Crippen LogP) is 2.28. The van der Waals surface area contributed by atoms with Gasteiger partial charge in [-0.2, -0.15) is 8.78 Å². The highest BCUT2D eigenvalue weighted by atomic mass is 19.3. The van der Waals surface area contributed by atoms with Crippen molar-refractivity contribution in [1.82, 2.24) is 10.6 Å². The molecule has 1 aliphatic rings. The average molecular weight is 304 g/mol. The quantitative estimate of drug-likeness (QED) is 0.676. The minimum absolute atomic E-state index is 0.147. The van der Waals surface area contributed by atoms with E-state index in [0.29, 0.717) is 12.8 Å². The van der Waals surface area contributed by atoms with Crippen LogP contribution in [0.4, 0.5) is 8.78 Å². The fourth-order valence-corrected chi connectivity index (χ4v) is 2.79. The van der Waals surface area contributed by atoms with Gasteiger partial charge in [0.15, 0.2) is 0 Å². The molecule has 21 heavy (non-hydrogen) atoms. The number of nitrogens with one attached hydrogen (secondary N) is 2. The SMILES string of the molecule is CCCNC(=O)C(F)(F)C(=O)[C@H](CC1CCCCC1)NC. The first kappa shape index (κ1) is 18.0. The Hall–Kier alpha value is -1.04. The molecule has 0 saturated heterocycles. The maximum atomic E-state index is 13.9. The minimum Gasteiger partial charge on any atom is -0.350 e. The number of carbonyl (C=O) groups excluding carboxylic acids is 2. The van der Waals surface area contributed by atoms with E-state index >= 15 is 0 Å². The van der Waals surface area contributed by atoms with Gasteiger partial charge in [-0.1, -0.05) is 39.0 Å². The third-order valence-electron chi connectivity index (χ3n) is 4.09. The van der Waals surface area contributed by atoms with Crippen LogP contribution < -0.4 is 10.6 Å². The van der Waals surface area contributed by atoms with Crippen LogP contribution in [0.25, 0.3) is 0 Å². The van der Waals surface area contributed by atoms with E-state index in [2.05, 4.69) is 10.6 Å². The fraction of sp³-hybridized carbons (Fsp3) is 0.867. The maximum absolute atomic E-state index is 13.9. The van der Waals surface area contributed by atoms with Crippen molar-refractivity contribution in [3.05, 3.63) is 0 Å². The van der Waals surface area contributed by atoms with Gasteiger partial charge in [0.05, 0.1) is 6.04 Å². The van der Waals surface area contributed by atoms with Gasteiger partial charge in [-0.05, 0) is 25.8 Å². The van der Waals surface area contributed by atoms with E-state index in [1.165, 1.54) is 13.5 Å². The summed E-state index contributed by atoms with van der Waals surface area (Å²) >= 11 is 0. The van der Waals surface area contributed by atoms with Crippen molar-refractivity contribution in [2.24, 2.45) is 5.92 Å². The van der Waals surface area contributed by atoms with Crippen molar-refractivity contribution in [3.8, 4) is 0 Å². The monoisotopic (exact) mass is 304 g/mol. The van der Waals surface area contributed by atoms with E-state index in [-0.39, 0.29) is 12.5 Å². The van der Waals surface area contributed by atoms with Crippen LogP contribution >= 0.6 is 0 Å². The van der Waals surface area contributed by atoms with Crippen molar-refractivity contribution in [2.75, 3.05) is 13.6 Å². The Morgan fingerprint density at radius 3 is 2.38 bits per heavy atom. The van der Waals surface area contributed by atoms with Crippen molar-refractivity contribution >= 4 is 11.7 Å². The van der Waals surface area contributed by atoms with Crippen molar-refractivity contribution in [2.45, 2.75) is 63.8 Å². The van der Waals surface area contributed by atoms with Gasteiger partial charge in [0, 0.05) is 6.54 Å². The van der Waals surface area contributed by atoms with E-state index in [1.807, 2.05) is 0 Å². The molecule has 4 nitrogen and oxygen atoms in total. The lowest BCUT2D eigenvalue weighted by Crippen LogP contribution is -2.53. The second kappa shape index (κ2) is 8.41. The summed E-state index contributed by atoms with van der Waals surface area (Å²) in [5.74, 6) is -6.48. The molecule has 122 valence electrons. The molecular formula is C15H26F2N2O2. The molecule has 0 aliphatic heterocycles. The zero-order chi connectivity index (χ0) is 15.9.